The van der Waals surface area contributed by atoms with E-state index in [4.69, 9.17) is 4.42 Å². The summed E-state index contributed by atoms with van der Waals surface area (Å²) in [5.41, 5.74) is 2.30. The lowest BCUT2D eigenvalue weighted by Gasteiger charge is -2.27. The van der Waals surface area contributed by atoms with Crippen LogP contribution in [-0.2, 0) is 27.5 Å². The lowest BCUT2D eigenvalue weighted by molar-refractivity contribution is -0.136. The minimum Gasteiger partial charge on any atom is -0.440 e. The molecule has 1 fully saturated rings. The number of nitrogens with zero attached hydrogens (tertiary/aromatic N) is 6. The number of rotatable bonds is 9. The third-order valence-corrected chi connectivity index (χ3v) is 7.74. The van der Waals surface area contributed by atoms with E-state index < -0.39 is 35.7 Å². The van der Waals surface area contributed by atoms with Crippen LogP contribution in [0.5, 0.6) is 0 Å². The summed E-state index contributed by atoms with van der Waals surface area (Å²) in [5, 5.41) is 17.3. The van der Waals surface area contributed by atoms with Crippen LogP contribution >= 0.6 is 0 Å². The molecule has 6 heterocycles. The van der Waals surface area contributed by atoms with Gasteiger partial charge < -0.3 is 15.1 Å². The Labute approximate surface area is 260 Å². The molecule has 1 saturated heterocycles. The number of anilines is 1. The lowest BCUT2D eigenvalue weighted by atomic mass is 10.0. The fourth-order valence-corrected chi connectivity index (χ4v) is 5.60. The highest BCUT2D eigenvalue weighted by Crippen LogP contribution is 2.32. The van der Waals surface area contributed by atoms with Crippen molar-refractivity contribution >= 4 is 46.3 Å². The van der Waals surface area contributed by atoms with Gasteiger partial charge in [-0.25, -0.2) is 9.67 Å². The first kappa shape index (κ1) is 28.5. The minimum absolute atomic E-state index is 0.0318. The second kappa shape index (κ2) is 11.7. The SMILES string of the molecule is O=C1CCC(N2C(=O)c3cccc(NCc4cn(CC(=O)NC(c5cccnc5)c5cc6cccnc6o5)nn4)c3C2=O)C(=O)N1. The number of hydrogen-bond acceptors (Lipinski definition) is 11. The largest absolute Gasteiger partial charge is 0.440 e. The van der Waals surface area contributed by atoms with Gasteiger partial charge in [-0.3, -0.25) is 39.2 Å². The summed E-state index contributed by atoms with van der Waals surface area (Å²) in [5.74, 6) is -2.20. The number of aromatic nitrogens is 5. The topological polar surface area (TPSA) is 194 Å². The highest BCUT2D eigenvalue weighted by atomic mass is 16.3. The van der Waals surface area contributed by atoms with Gasteiger partial charge in [0.15, 0.2) is 0 Å². The average molecular weight is 620 g/mol. The van der Waals surface area contributed by atoms with Gasteiger partial charge in [-0.2, -0.15) is 0 Å². The first-order valence-corrected chi connectivity index (χ1v) is 14.4. The third kappa shape index (κ3) is 5.34. The Hall–Kier alpha value is -6.25. The van der Waals surface area contributed by atoms with Crippen LogP contribution in [0.15, 0.2) is 77.7 Å². The number of piperidine rings is 1. The molecule has 4 aromatic heterocycles. The molecular formula is C31H25N9O6. The van der Waals surface area contributed by atoms with Crippen molar-refractivity contribution in [3.8, 4) is 0 Å². The van der Waals surface area contributed by atoms with Crippen LogP contribution < -0.4 is 16.0 Å². The normalized spacial score (nSPS) is 16.8. The first-order chi connectivity index (χ1) is 22.4. The highest BCUT2D eigenvalue weighted by Gasteiger charge is 2.45. The number of amides is 5. The Morgan fingerprint density at radius 3 is 2.74 bits per heavy atom. The second-order valence-corrected chi connectivity index (χ2v) is 10.8. The van der Waals surface area contributed by atoms with E-state index in [0.29, 0.717) is 22.9 Å². The van der Waals surface area contributed by atoms with Crippen molar-refractivity contribution in [2.24, 2.45) is 0 Å². The Balaban J connectivity index is 1.03. The molecule has 0 aliphatic carbocycles. The summed E-state index contributed by atoms with van der Waals surface area (Å²) in [6, 6.07) is 12.2. The molecular weight excluding hydrogens is 594 g/mol. The van der Waals surface area contributed by atoms with E-state index in [9.17, 15) is 24.0 Å². The van der Waals surface area contributed by atoms with E-state index in [2.05, 4.69) is 36.2 Å². The molecule has 1 aromatic carbocycles. The molecule has 3 N–H and O–H groups in total. The van der Waals surface area contributed by atoms with Crippen molar-refractivity contribution in [1.82, 2.24) is 40.5 Å². The summed E-state index contributed by atoms with van der Waals surface area (Å²) >= 11 is 0. The van der Waals surface area contributed by atoms with Gasteiger partial charge in [0, 0.05) is 41.6 Å². The van der Waals surface area contributed by atoms with Crippen molar-refractivity contribution in [2.75, 3.05) is 5.32 Å². The van der Waals surface area contributed by atoms with E-state index >= 15 is 0 Å². The zero-order valence-electron chi connectivity index (χ0n) is 24.0. The molecule has 46 heavy (non-hydrogen) atoms. The maximum absolute atomic E-state index is 13.3. The van der Waals surface area contributed by atoms with Crippen molar-refractivity contribution in [3.63, 3.8) is 0 Å². The van der Waals surface area contributed by atoms with Crippen molar-refractivity contribution in [1.29, 1.82) is 0 Å². The second-order valence-electron chi connectivity index (χ2n) is 10.8. The Morgan fingerprint density at radius 1 is 1.07 bits per heavy atom. The number of benzene rings is 1. The van der Waals surface area contributed by atoms with Crippen LogP contribution in [-0.4, -0.2) is 65.4 Å². The number of carbonyl (C=O) groups is 5. The van der Waals surface area contributed by atoms with E-state index in [1.807, 2.05) is 18.2 Å². The Morgan fingerprint density at radius 2 is 1.93 bits per heavy atom. The molecule has 2 atom stereocenters. The standard InChI is InChI=1S/C31H25N9O6/c41-24-9-8-22(28(43)36-24)40-30(44)20-6-1-7-21(26(20)31(40)45)34-14-19-15-39(38-37-19)16-25(42)35-27(18-5-2-10-32-13-18)23-12-17-4-3-11-33-29(17)46-23/h1-7,10-13,15,22,27,34H,8-9,14,16H2,(H,35,42)(H,36,41,43). The molecule has 15 heteroatoms. The van der Waals surface area contributed by atoms with E-state index in [1.165, 1.54) is 10.7 Å². The minimum atomic E-state index is -1.06. The van der Waals surface area contributed by atoms with Crippen molar-refractivity contribution < 1.29 is 28.4 Å². The van der Waals surface area contributed by atoms with E-state index in [-0.39, 0.29) is 43.0 Å². The van der Waals surface area contributed by atoms with Gasteiger partial charge in [0.05, 0.1) is 23.9 Å². The van der Waals surface area contributed by atoms with Gasteiger partial charge in [0.2, 0.25) is 23.4 Å². The molecule has 2 aliphatic rings. The van der Waals surface area contributed by atoms with Crippen molar-refractivity contribution in [2.45, 2.75) is 38.0 Å². The van der Waals surface area contributed by atoms with Crippen LogP contribution in [0.2, 0.25) is 0 Å². The van der Waals surface area contributed by atoms with Crippen molar-refractivity contribution in [3.05, 3.63) is 101 Å². The summed E-state index contributed by atoms with van der Waals surface area (Å²) in [4.78, 5) is 72.9. The van der Waals surface area contributed by atoms with Gasteiger partial charge in [-0.05, 0) is 42.8 Å². The number of pyridine rings is 2. The Kier molecular flexibility index (Phi) is 7.24. The molecule has 230 valence electrons. The highest BCUT2D eigenvalue weighted by molar-refractivity contribution is 6.25. The number of furan rings is 1. The smallest absolute Gasteiger partial charge is 0.264 e. The van der Waals surface area contributed by atoms with Gasteiger partial charge in [0.1, 0.15) is 30.1 Å². The maximum Gasteiger partial charge on any atom is 0.264 e. The average Bonchev–Trinajstić information content (AvgIpc) is 3.76. The van der Waals surface area contributed by atoms with Crippen LogP contribution in [0.4, 0.5) is 5.69 Å². The number of carbonyl (C=O) groups excluding carboxylic acids is 5. The first-order valence-electron chi connectivity index (χ1n) is 14.4. The molecule has 5 amide bonds. The number of hydrogen-bond donors (Lipinski definition) is 3. The Bertz CT molecular complexity index is 1990. The third-order valence-electron chi connectivity index (χ3n) is 7.74. The predicted octanol–water partition coefficient (Wildman–Crippen LogP) is 1.73. The quantitative estimate of drug-likeness (QED) is 0.203. The number of fused-ring (bicyclic) bond motifs is 2. The monoisotopic (exact) mass is 619 g/mol. The maximum atomic E-state index is 13.3. The van der Waals surface area contributed by atoms with Crippen LogP contribution in [0.25, 0.3) is 11.1 Å². The molecule has 15 nitrogen and oxygen atoms in total. The van der Waals surface area contributed by atoms with Crippen LogP contribution in [0.3, 0.4) is 0 Å². The zero-order chi connectivity index (χ0) is 31.8. The fourth-order valence-electron chi connectivity index (χ4n) is 5.60. The van der Waals surface area contributed by atoms with E-state index in [0.717, 1.165) is 15.8 Å². The summed E-state index contributed by atoms with van der Waals surface area (Å²) in [6.45, 7) is -0.0147. The molecule has 2 aliphatic heterocycles. The molecule has 0 saturated carbocycles. The van der Waals surface area contributed by atoms with Gasteiger partial charge in [0.25, 0.3) is 11.8 Å². The molecule has 0 radical (unpaired) electrons. The molecule has 5 aromatic rings. The van der Waals surface area contributed by atoms with Gasteiger partial charge in [-0.15, -0.1) is 5.10 Å². The summed E-state index contributed by atoms with van der Waals surface area (Å²) in [6.07, 6.45) is 6.59. The fraction of sp³-hybridized carbons (Fsp3) is 0.194. The summed E-state index contributed by atoms with van der Waals surface area (Å²) < 4.78 is 7.31. The molecule has 0 bridgehead atoms. The van der Waals surface area contributed by atoms with E-state index in [1.54, 1.807) is 49.1 Å². The van der Waals surface area contributed by atoms with Gasteiger partial charge in [-0.1, -0.05) is 17.3 Å². The lowest BCUT2D eigenvalue weighted by Crippen LogP contribution is -2.54. The number of imide groups is 2. The predicted molar refractivity (Wildman–Crippen MR) is 159 cm³/mol. The molecule has 0 spiro atoms. The summed E-state index contributed by atoms with van der Waals surface area (Å²) in [7, 11) is 0. The molecule has 7 rings (SSSR count). The number of nitrogens with one attached hydrogen (secondary N) is 3. The zero-order valence-corrected chi connectivity index (χ0v) is 24.0. The van der Waals surface area contributed by atoms with Crippen LogP contribution in [0.1, 0.15) is 56.6 Å². The van der Waals surface area contributed by atoms with Crippen LogP contribution in [0, 0.1) is 0 Å². The molecule has 2 unspecified atom stereocenters. The van der Waals surface area contributed by atoms with Gasteiger partial charge >= 0.3 is 0 Å².